The number of piperazine rings is 1. The Hall–Kier alpha value is -2.54. The zero-order valence-corrected chi connectivity index (χ0v) is 16.3. The van der Waals surface area contributed by atoms with Crippen LogP contribution in [-0.4, -0.2) is 46.2 Å². The van der Waals surface area contributed by atoms with Gasteiger partial charge in [-0.25, -0.2) is 4.39 Å². The van der Waals surface area contributed by atoms with Crippen LogP contribution in [0, 0.1) is 5.82 Å². The first kappa shape index (κ1) is 18.8. The molecule has 6 nitrogen and oxygen atoms in total. The van der Waals surface area contributed by atoms with Gasteiger partial charge in [-0.3, -0.25) is 9.88 Å². The van der Waals surface area contributed by atoms with Gasteiger partial charge < -0.3 is 9.42 Å². The molecule has 0 amide bonds. The third kappa shape index (κ3) is 4.30. The van der Waals surface area contributed by atoms with Crippen LogP contribution in [0.5, 0.6) is 0 Å². The van der Waals surface area contributed by atoms with Crippen molar-refractivity contribution in [2.24, 2.45) is 0 Å². The average molecular weight is 383 g/mol. The van der Waals surface area contributed by atoms with E-state index in [4.69, 9.17) is 4.52 Å². The molecule has 0 radical (unpaired) electrons. The summed E-state index contributed by atoms with van der Waals surface area (Å²) in [5, 5.41) is 5.12. The maximum Gasteiger partial charge on any atom is 0.226 e. The van der Waals surface area contributed by atoms with Crippen molar-refractivity contribution >= 4 is 16.6 Å². The molecule has 1 aliphatic rings. The van der Waals surface area contributed by atoms with E-state index in [1.54, 1.807) is 6.20 Å². The number of unbranched alkanes of at least 4 members (excludes halogenated alkanes) is 2. The molecule has 0 spiro atoms. The lowest BCUT2D eigenvalue weighted by atomic mass is 10.1. The number of benzene rings is 1. The van der Waals surface area contributed by atoms with Gasteiger partial charge in [-0.1, -0.05) is 24.9 Å². The van der Waals surface area contributed by atoms with E-state index in [0.717, 1.165) is 61.8 Å². The van der Waals surface area contributed by atoms with E-state index in [0.29, 0.717) is 12.1 Å². The van der Waals surface area contributed by atoms with Crippen LogP contribution in [0.2, 0.25) is 0 Å². The lowest BCUT2D eigenvalue weighted by Gasteiger charge is -2.36. The minimum atomic E-state index is -0.254. The standard InChI is InChI=1S/C21H26FN5O/c1-2-3-4-5-21-24-20(25-28-21)15-26-10-12-27(13-11-26)19-8-9-23-18-14-16(22)6-7-17(18)19/h6-9,14H,2-5,10-13,15H2,1H3. The first-order valence-corrected chi connectivity index (χ1v) is 10.1. The van der Waals surface area contributed by atoms with Crippen molar-refractivity contribution in [3.05, 3.63) is 48.0 Å². The maximum atomic E-state index is 13.5. The minimum absolute atomic E-state index is 0.254. The van der Waals surface area contributed by atoms with Gasteiger partial charge in [-0.05, 0) is 24.6 Å². The first-order chi connectivity index (χ1) is 13.7. The second-order valence-corrected chi connectivity index (χ2v) is 7.32. The van der Waals surface area contributed by atoms with Gasteiger partial charge in [0.2, 0.25) is 5.89 Å². The van der Waals surface area contributed by atoms with E-state index in [9.17, 15) is 4.39 Å². The Balaban J connectivity index is 1.35. The second-order valence-electron chi connectivity index (χ2n) is 7.32. The Bertz CT molecular complexity index is 920. The topological polar surface area (TPSA) is 58.3 Å². The zero-order valence-electron chi connectivity index (χ0n) is 16.3. The predicted octanol–water partition coefficient (Wildman–Crippen LogP) is 3.81. The second kappa shape index (κ2) is 8.65. The van der Waals surface area contributed by atoms with Crippen LogP contribution in [0.25, 0.3) is 10.9 Å². The number of anilines is 1. The molecule has 3 aromatic rings. The fraction of sp³-hybridized carbons (Fsp3) is 0.476. The fourth-order valence-corrected chi connectivity index (χ4v) is 3.71. The summed E-state index contributed by atoms with van der Waals surface area (Å²) in [7, 11) is 0. The van der Waals surface area contributed by atoms with Crippen LogP contribution in [0.4, 0.5) is 10.1 Å². The number of aromatic nitrogens is 3. The van der Waals surface area contributed by atoms with Crippen LogP contribution in [0.3, 0.4) is 0 Å². The van der Waals surface area contributed by atoms with Gasteiger partial charge in [0.1, 0.15) is 5.82 Å². The third-order valence-electron chi connectivity index (χ3n) is 5.26. The normalized spacial score (nSPS) is 15.4. The molecule has 0 aliphatic carbocycles. The number of nitrogens with zero attached hydrogens (tertiary/aromatic N) is 5. The van der Waals surface area contributed by atoms with Crippen molar-refractivity contribution in [3.8, 4) is 0 Å². The zero-order chi connectivity index (χ0) is 19.3. The molecule has 1 fully saturated rings. The Morgan fingerprint density at radius 3 is 2.79 bits per heavy atom. The van der Waals surface area contributed by atoms with Gasteiger partial charge in [-0.2, -0.15) is 4.98 Å². The highest BCUT2D eigenvalue weighted by Crippen LogP contribution is 2.27. The predicted molar refractivity (Wildman–Crippen MR) is 107 cm³/mol. The van der Waals surface area contributed by atoms with Crippen molar-refractivity contribution in [1.29, 1.82) is 0 Å². The van der Waals surface area contributed by atoms with E-state index in [1.165, 1.54) is 25.0 Å². The van der Waals surface area contributed by atoms with Gasteiger partial charge in [0.25, 0.3) is 0 Å². The Labute approximate surface area is 164 Å². The summed E-state index contributed by atoms with van der Waals surface area (Å²) >= 11 is 0. The highest BCUT2D eigenvalue weighted by atomic mass is 19.1. The first-order valence-electron chi connectivity index (χ1n) is 10.1. The molecule has 148 valence electrons. The number of fused-ring (bicyclic) bond motifs is 1. The van der Waals surface area contributed by atoms with E-state index in [-0.39, 0.29) is 5.82 Å². The van der Waals surface area contributed by atoms with Crippen LogP contribution in [0.1, 0.15) is 37.9 Å². The molecule has 7 heteroatoms. The largest absolute Gasteiger partial charge is 0.368 e. The summed E-state index contributed by atoms with van der Waals surface area (Å²) < 4.78 is 18.8. The molecule has 0 bridgehead atoms. The number of halogens is 1. The number of hydrogen-bond acceptors (Lipinski definition) is 6. The highest BCUT2D eigenvalue weighted by Gasteiger charge is 2.20. The van der Waals surface area contributed by atoms with Crippen LogP contribution in [0.15, 0.2) is 35.0 Å². The molecule has 1 saturated heterocycles. The van der Waals surface area contributed by atoms with Crippen LogP contribution >= 0.6 is 0 Å². The SMILES string of the molecule is CCCCCc1nc(CN2CCN(c3ccnc4cc(F)ccc34)CC2)no1. The lowest BCUT2D eigenvalue weighted by Crippen LogP contribution is -2.46. The van der Waals surface area contributed by atoms with Crippen molar-refractivity contribution in [1.82, 2.24) is 20.0 Å². The fourth-order valence-electron chi connectivity index (χ4n) is 3.71. The summed E-state index contributed by atoms with van der Waals surface area (Å²) in [6.07, 6.45) is 6.09. The van der Waals surface area contributed by atoms with Gasteiger partial charge in [-0.15, -0.1) is 0 Å². The molecule has 2 aromatic heterocycles. The number of pyridine rings is 1. The highest BCUT2D eigenvalue weighted by molar-refractivity contribution is 5.91. The molecule has 3 heterocycles. The number of aryl methyl sites for hydroxylation is 1. The molecule has 4 rings (SSSR count). The molecule has 0 unspecified atom stereocenters. The number of rotatable bonds is 7. The van der Waals surface area contributed by atoms with Crippen molar-refractivity contribution in [2.45, 2.75) is 39.2 Å². The van der Waals surface area contributed by atoms with Gasteiger partial charge in [0.15, 0.2) is 5.82 Å². The average Bonchev–Trinajstić information content (AvgIpc) is 3.15. The summed E-state index contributed by atoms with van der Waals surface area (Å²) in [6, 6.07) is 6.82. The lowest BCUT2D eigenvalue weighted by molar-refractivity contribution is 0.240. The van der Waals surface area contributed by atoms with E-state index < -0.39 is 0 Å². The van der Waals surface area contributed by atoms with Gasteiger partial charge in [0.05, 0.1) is 12.1 Å². The maximum absolute atomic E-state index is 13.5. The molecule has 0 atom stereocenters. The van der Waals surface area contributed by atoms with Crippen molar-refractivity contribution in [2.75, 3.05) is 31.1 Å². The quantitative estimate of drug-likeness (QED) is 0.578. The Morgan fingerprint density at radius 1 is 1.11 bits per heavy atom. The van der Waals surface area contributed by atoms with E-state index >= 15 is 0 Å². The molecule has 0 N–H and O–H groups in total. The van der Waals surface area contributed by atoms with Crippen molar-refractivity contribution < 1.29 is 8.91 Å². The van der Waals surface area contributed by atoms with Crippen LogP contribution < -0.4 is 4.90 Å². The molecule has 0 saturated carbocycles. The van der Waals surface area contributed by atoms with Crippen molar-refractivity contribution in [3.63, 3.8) is 0 Å². The van der Waals surface area contributed by atoms with Gasteiger partial charge >= 0.3 is 0 Å². The Kier molecular flexibility index (Phi) is 5.81. The summed E-state index contributed by atoms with van der Waals surface area (Å²) in [5.74, 6) is 1.26. The number of hydrogen-bond donors (Lipinski definition) is 0. The van der Waals surface area contributed by atoms with Crippen LogP contribution in [-0.2, 0) is 13.0 Å². The van der Waals surface area contributed by atoms with Gasteiger partial charge in [0, 0.05) is 55.9 Å². The molecule has 1 aromatic carbocycles. The van der Waals surface area contributed by atoms with E-state index in [1.807, 2.05) is 12.1 Å². The molecular formula is C21H26FN5O. The molecular weight excluding hydrogens is 357 g/mol. The van der Waals surface area contributed by atoms with E-state index in [2.05, 4.69) is 31.8 Å². The third-order valence-corrected chi connectivity index (χ3v) is 5.26. The smallest absolute Gasteiger partial charge is 0.226 e. The monoisotopic (exact) mass is 383 g/mol. The Morgan fingerprint density at radius 2 is 1.96 bits per heavy atom. The summed E-state index contributed by atoms with van der Waals surface area (Å²) in [5.41, 5.74) is 1.81. The molecule has 1 aliphatic heterocycles. The summed E-state index contributed by atoms with van der Waals surface area (Å²) in [4.78, 5) is 13.5. The minimum Gasteiger partial charge on any atom is -0.368 e. The summed E-state index contributed by atoms with van der Waals surface area (Å²) in [6.45, 7) is 6.55. The molecule has 28 heavy (non-hydrogen) atoms.